The topological polar surface area (TPSA) is 75.3 Å². The van der Waals surface area contributed by atoms with Crippen molar-refractivity contribution in [1.82, 2.24) is 5.32 Å². The number of benzene rings is 2. The lowest BCUT2D eigenvalue weighted by Crippen LogP contribution is -2.27. The third-order valence-electron chi connectivity index (χ3n) is 4.57. The zero-order valence-corrected chi connectivity index (χ0v) is 16.0. The second-order valence-corrected chi connectivity index (χ2v) is 8.66. The number of alkyl halides is 3. The molecule has 0 spiro atoms. The lowest BCUT2D eigenvalue weighted by molar-refractivity contribution is -0.138. The molecule has 0 aliphatic heterocycles. The van der Waals surface area contributed by atoms with Crippen LogP contribution in [0.15, 0.2) is 42.5 Å². The van der Waals surface area contributed by atoms with Gasteiger partial charge in [0.25, 0.3) is 5.91 Å². The molecule has 0 heterocycles. The number of anilines is 1. The highest BCUT2D eigenvalue weighted by Crippen LogP contribution is 2.46. The van der Waals surface area contributed by atoms with Gasteiger partial charge in [-0.3, -0.25) is 9.52 Å². The number of amides is 1. The zero-order chi connectivity index (χ0) is 20.7. The summed E-state index contributed by atoms with van der Waals surface area (Å²) in [4.78, 5) is 12.5. The van der Waals surface area contributed by atoms with E-state index in [2.05, 4.69) is 10.0 Å². The third-order valence-corrected chi connectivity index (χ3v) is 5.16. The molecule has 9 heteroatoms. The van der Waals surface area contributed by atoms with E-state index in [1.807, 2.05) is 0 Å². The first-order valence-corrected chi connectivity index (χ1v) is 10.4. The van der Waals surface area contributed by atoms with Crippen molar-refractivity contribution in [1.29, 1.82) is 0 Å². The molecule has 1 aliphatic carbocycles. The number of hydrogen-bond acceptors (Lipinski definition) is 3. The standard InChI is InChI=1S/C19H19F3N2O3S/c1-11-7-8-12(9-16(11)24-28(2,26)27)18(25)23-17-10-14(17)13-5-3-4-6-15(13)19(20,21)22/h3-9,14,17,24H,10H2,1-2H3,(H,23,25)/t14-,17+/m0/s1. The van der Waals surface area contributed by atoms with E-state index in [4.69, 9.17) is 0 Å². The Kier molecular flexibility index (Phi) is 5.14. The van der Waals surface area contributed by atoms with Crippen LogP contribution >= 0.6 is 0 Å². The van der Waals surface area contributed by atoms with Gasteiger partial charge in [-0.2, -0.15) is 13.2 Å². The molecule has 0 radical (unpaired) electrons. The molecule has 0 bridgehead atoms. The molecule has 3 rings (SSSR count). The number of rotatable bonds is 5. The van der Waals surface area contributed by atoms with Gasteiger partial charge in [0.05, 0.1) is 17.5 Å². The minimum Gasteiger partial charge on any atom is -0.349 e. The number of halogens is 3. The van der Waals surface area contributed by atoms with Gasteiger partial charge >= 0.3 is 6.18 Å². The third kappa shape index (κ3) is 4.64. The van der Waals surface area contributed by atoms with Crippen molar-refractivity contribution < 1.29 is 26.4 Å². The van der Waals surface area contributed by atoms with Crippen LogP contribution in [0, 0.1) is 6.92 Å². The van der Waals surface area contributed by atoms with E-state index in [1.54, 1.807) is 25.1 Å². The SMILES string of the molecule is Cc1ccc(C(=O)N[C@@H]2C[C@H]2c2ccccc2C(F)(F)F)cc1NS(C)(=O)=O. The summed E-state index contributed by atoms with van der Waals surface area (Å²) in [7, 11) is -3.50. The molecule has 2 aromatic rings. The van der Waals surface area contributed by atoms with Gasteiger partial charge in [-0.1, -0.05) is 24.3 Å². The van der Waals surface area contributed by atoms with E-state index in [9.17, 15) is 26.4 Å². The highest BCUT2D eigenvalue weighted by Gasteiger charge is 2.44. The Bertz CT molecular complexity index is 1020. The van der Waals surface area contributed by atoms with Crippen LogP contribution in [-0.2, 0) is 16.2 Å². The highest BCUT2D eigenvalue weighted by molar-refractivity contribution is 7.92. The monoisotopic (exact) mass is 412 g/mol. The number of nitrogens with one attached hydrogen (secondary N) is 2. The highest BCUT2D eigenvalue weighted by atomic mass is 32.2. The molecular formula is C19H19F3N2O3S. The maximum absolute atomic E-state index is 13.2. The molecule has 0 aromatic heterocycles. The van der Waals surface area contributed by atoms with E-state index < -0.39 is 39.6 Å². The van der Waals surface area contributed by atoms with Crippen molar-refractivity contribution >= 4 is 21.6 Å². The van der Waals surface area contributed by atoms with Gasteiger partial charge < -0.3 is 5.32 Å². The van der Waals surface area contributed by atoms with E-state index in [0.29, 0.717) is 12.0 Å². The molecule has 1 aliphatic rings. The van der Waals surface area contributed by atoms with Gasteiger partial charge in [-0.05, 0) is 42.7 Å². The van der Waals surface area contributed by atoms with Gasteiger partial charge in [-0.15, -0.1) is 0 Å². The van der Waals surface area contributed by atoms with Crippen LogP contribution < -0.4 is 10.0 Å². The van der Waals surface area contributed by atoms with Crippen LogP contribution in [0.3, 0.4) is 0 Å². The summed E-state index contributed by atoms with van der Waals surface area (Å²) in [6, 6.07) is 9.51. The van der Waals surface area contributed by atoms with Crippen molar-refractivity contribution in [3.05, 3.63) is 64.7 Å². The molecule has 0 saturated heterocycles. The van der Waals surface area contributed by atoms with Crippen molar-refractivity contribution in [3.8, 4) is 0 Å². The van der Waals surface area contributed by atoms with Crippen LogP contribution in [-0.4, -0.2) is 26.6 Å². The van der Waals surface area contributed by atoms with E-state index in [1.165, 1.54) is 18.2 Å². The minimum atomic E-state index is -4.45. The molecule has 2 aromatic carbocycles. The van der Waals surface area contributed by atoms with Crippen molar-refractivity contribution in [2.24, 2.45) is 0 Å². The fraction of sp³-hybridized carbons (Fsp3) is 0.316. The summed E-state index contributed by atoms with van der Waals surface area (Å²) in [5, 5.41) is 2.72. The molecule has 28 heavy (non-hydrogen) atoms. The van der Waals surface area contributed by atoms with Gasteiger partial charge in [-0.25, -0.2) is 8.42 Å². The fourth-order valence-electron chi connectivity index (χ4n) is 3.10. The first-order chi connectivity index (χ1) is 13.0. The van der Waals surface area contributed by atoms with E-state index >= 15 is 0 Å². The van der Waals surface area contributed by atoms with E-state index in [0.717, 1.165) is 12.3 Å². The summed E-state index contributed by atoms with van der Waals surface area (Å²) in [5.41, 5.74) is 0.636. The Hall–Kier alpha value is -2.55. The Labute approximate surface area is 161 Å². The van der Waals surface area contributed by atoms with Gasteiger partial charge in [0.1, 0.15) is 0 Å². The molecule has 5 nitrogen and oxygen atoms in total. The normalized spacial score (nSPS) is 19.2. The average Bonchev–Trinajstić information content (AvgIpc) is 3.34. The van der Waals surface area contributed by atoms with Gasteiger partial charge in [0.2, 0.25) is 10.0 Å². The van der Waals surface area contributed by atoms with Gasteiger partial charge in [0.15, 0.2) is 0 Å². The average molecular weight is 412 g/mol. The van der Waals surface area contributed by atoms with Crippen molar-refractivity contribution in [3.63, 3.8) is 0 Å². The number of aryl methyl sites for hydroxylation is 1. The molecule has 2 atom stereocenters. The Morgan fingerprint density at radius 3 is 2.46 bits per heavy atom. The van der Waals surface area contributed by atoms with Crippen LogP contribution in [0.25, 0.3) is 0 Å². The molecule has 1 saturated carbocycles. The Morgan fingerprint density at radius 2 is 1.82 bits per heavy atom. The van der Waals surface area contributed by atoms with Crippen LogP contribution in [0.4, 0.5) is 18.9 Å². The Balaban J connectivity index is 1.74. The maximum Gasteiger partial charge on any atom is 0.416 e. The van der Waals surface area contributed by atoms with Gasteiger partial charge in [0, 0.05) is 17.5 Å². The molecule has 0 unspecified atom stereocenters. The van der Waals surface area contributed by atoms with Crippen molar-refractivity contribution in [2.75, 3.05) is 11.0 Å². The summed E-state index contributed by atoms with van der Waals surface area (Å²) in [5.74, 6) is -0.866. The lowest BCUT2D eigenvalue weighted by Gasteiger charge is -2.13. The number of hydrogen-bond donors (Lipinski definition) is 2. The lowest BCUT2D eigenvalue weighted by atomic mass is 10.0. The largest absolute Gasteiger partial charge is 0.416 e. The quantitative estimate of drug-likeness (QED) is 0.787. The van der Waals surface area contributed by atoms with Crippen LogP contribution in [0.1, 0.15) is 39.4 Å². The van der Waals surface area contributed by atoms with E-state index in [-0.39, 0.29) is 16.8 Å². The number of carbonyl (C=O) groups is 1. The summed E-state index contributed by atoms with van der Waals surface area (Å²) in [6.07, 6.45) is -3.03. The summed E-state index contributed by atoms with van der Waals surface area (Å²) in [6.45, 7) is 1.69. The maximum atomic E-state index is 13.2. The van der Waals surface area contributed by atoms with Crippen LogP contribution in [0.2, 0.25) is 0 Å². The molecular weight excluding hydrogens is 393 g/mol. The van der Waals surface area contributed by atoms with Crippen molar-refractivity contribution in [2.45, 2.75) is 31.5 Å². The smallest absolute Gasteiger partial charge is 0.349 e. The zero-order valence-electron chi connectivity index (χ0n) is 15.2. The molecule has 150 valence electrons. The van der Waals surface area contributed by atoms with Crippen LogP contribution in [0.5, 0.6) is 0 Å². The summed E-state index contributed by atoms with van der Waals surface area (Å²) >= 11 is 0. The number of sulfonamides is 1. The Morgan fingerprint density at radius 1 is 1.14 bits per heavy atom. The first kappa shape index (κ1) is 20.2. The minimum absolute atomic E-state index is 0.170. The molecule has 1 amide bonds. The first-order valence-electron chi connectivity index (χ1n) is 8.51. The molecule has 1 fully saturated rings. The fourth-order valence-corrected chi connectivity index (χ4v) is 3.72. The predicted molar refractivity (Wildman–Crippen MR) is 99.7 cm³/mol. The summed E-state index contributed by atoms with van der Waals surface area (Å²) < 4.78 is 64.7. The number of carbonyl (C=O) groups excluding carboxylic acids is 1. The second kappa shape index (κ2) is 7.12. The predicted octanol–water partition coefficient (Wildman–Crippen LogP) is 3.67. The molecule has 2 N–H and O–H groups in total. The second-order valence-electron chi connectivity index (χ2n) is 6.91.